The Kier molecular flexibility index (Phi) is 4.59. The number of hydrogen-bond donors (Lipinski definition) is 1. The highest BCUT2D eigenvalue weighted by atomic mass is 32.2. The molecule has 0 aliphatic rings. The van der Waals surface area contributed by atoms with Crippen molar-refractivity contribution in [3.8, 4) is 0 Å². The second-order valence-corrected chi connectivity index (χ2v) is 4.78. The van der Waals surface area contributed by atoms with Crippen molar-refractivity contribution in [3.63, 3.8) is 0 Å². The van der Waals surface area contributed by atoms with Crippen LogP contribution >= 0.6 is 0 Å². The van der Waals surface area contributed by atoms with E-state index in [0.717, 1.165) is 30.2 Å². The van der Waals surface area contributed by atoms with Gasteiger partial charge >= 0.3 is 0 Å². The van der Waals surface area contributed by atoms with Crippen LogP contribution in [0.5, 0.6) is 0 Å². The molecule has 1 N–H and O–H groups in total. The van der Waals surface area contributed by atoms with Crippen LogP contribution in [0.1, 0.15) is 12.1 Å². The molecule has 3 nitrogen and oxygen atoms in total. The average molecular weight is 212 g/mol. The predicted octanol–water partition coefficient (Wildman–Crippen LogP) is 1.57. The highest BCUT2D eigenvalue weighted by Gasteiger charge is 1.94. The molecule has 14 heavy (non-hydrogen) atoms. The van der Waals surface area contributed by atoms with Crippen molar-refractivity contribution in [1.29, 1.82) is 0 Å². The minimum absolute atomic E-state index is 0.688. The molecule has 1 aromatic heterocycles. The van der Waals surface area contributed by atoms with Crippen molar-refractivity contribution in [2.24, 2.45) is 0 Å². The van der Waals surface area contributed by atoms with Gasteiger partial charge < -0.3 is 5.32 Å². The van der Waals surface area contributed by atoms with Gasteiger partial charge in [-0.05, 0) is 25.5 Å². The molecule has 0 saturated carbocycles. The molecule has 0 aliphatic heterocycles. The van der Waals surface area contributed by atoms with Gasteiger partial charge in [0.25, 0.3) is 0 Å². The summed E-state index contributed by atoms with van der Waals surface area (Å²) in [6.45, 7) is 2.79. The standard InChI is InChI=1S/C10H16N2OS/c1-9-5-3-6-10(12-9)11-7-4-8-14(2)13/h3,5-6H,4,7-8H2,1-2H3,(H,11,12)/t14-/m0/s1. The van der Waals surface area contributed by atoms with Crippen LogP contribution in [0.15, 0.2) is 18.2 Å². The van der Waals surface area contributed by atoms with Crippen molar-refractivity contribution in [3.05, 3.63) is 23.9 Å². The average Bonchev–Trinajstić information content (AvgIpc) is 2.12. The number of aromatic nitrogens is 1. The van der Waals surface area contributed by atoms with Crippen LogP contribution in [-0.2, 0) is 10.8 Å². The maximum atomic E-state index is 10.8. The quantitative estimate of drug-likeness (QED) is 0.753. The molecule has 1 rings (SSSR count). The van der Waals surface area contributed by atoms with Crippen LogP contribution in [-0.4, -0.2) is 27.7 Å². The Morgan fingerprint density at radius 2 is 2.29 bits per heavy atom. The van der Waals surface area contributed by atoms with E-state index >= 15 is 0 Å². The number of anilines is 1. The number of hydrogen-bond acceptors (Lipinski definition) is 3. The maximum Gasteiger partial charge on any atom is 0.126 e. The van der Waals surface area contributed by atoms with Crippen LogP contribution in [0.25, 0.3) is 0 Å². The van der Waals surface area contributed by atoms with Gasteiger partial charge in [0, 0.05) is 35.0 Å². The van der Waals surface area contributed by atoms with E-state index in [1.807, 2.05) is 25.1 Å². The largest absolute Gasteiger partial charge is 0.370 e. The Labute approximate surface area is 87.4 Å². The third-order valence-corrected chi connectivity index (χ3v) is 2.67. The van der Waals surface area contributed by atoms with Crippen LogP contribution in [0, 0.1) is 6.92 Å². The number of pyridine rings is 1. The van der Waals surface area contributed by atoms with Gasteiger partial charge in [0.1, 0.15) is 5.82 Å². The molecule has 0 aliphatic carbocycles. The van der Waals surface area contributed by atoms with Crippen molar-refractivity contribution >= 4 is 16.6 Å². The van der Waals surface area contributed by atoms with E-state index in [0.29, 0.717) is 0 Å². The van der Waals surface area contributed by atoms with E-state index in [1.165, 1.54) is 0 Å². The van der Waals surface area contributed by atoms with Gasteiger partial charge in [-0.2, -0.15) is 0 Å². The van der Waals surface area contributed by atoms with Crippen LogP contribution in [0.3, 0.4) is 0 Å². The molecular formula is C10H16N2OS. The summed E-state index contributed by atoms with van der Waals surface area (Å²) in [6, 6.07) is 5.88. The van der Waals surface area contributed by atoms with Gasteiger partial charge in [0.2, 0.25) is 0 Å². The Hall–Kier alpha value is -0.900. The topological polar surface area (TPSA) is 42.0 Å². The first-order chi connectivity index (χ1) is 6.68. The lowest BCUT2D eigenvalue weighted by Crippen LogP contribution is -2.07. The van der Waals surface area contributed by atoms with Gasteiger partial charge in [-0.25, -0.2) is 4.98 Å². The summed E-state index contributed by atoms with van der Waals surface area (Å²) in [5.74, 6) is 1.64. The van der Waals surface area contributed by atoms with E-state index in [1.54, 1.807) is 6.26 Å². The predicted molar refractivity (Wildman–Crippen MR) is 61.0 cm³/mol. The molecule has 0 bridgehead atoms. The summed E-state index contributed by atoms with van der Waals surface area (Å²) >= 11 is 0. The number of aryl methyl sites for hydroxylation is 1. The van der Waals surface area contributed by atoms with E-state index in [-0.39, 0.29) is 0 Å². The number of nitrogens with one attached hydrogen (secondary N) is 1. The molecule has 1 heterocycles. The lowest BCUT2D eigenvalue weighted by molar-refractivity contribution is 0.685. The fraction of sp³-hybridized carbons (Fsp3) is 0.500. The number of rotatable bonds is 5. The molecule has 0 unspecified atom stereocenters. The summed E-state index contributed by atoms with van der Waals surface area (Å²) in [4.78, 5) is 4.30. The summed E-state index contributed by atoms with van der Waals surface area (Å²) in [6.07, 6.45) is 2.64. The first-order valence-corrected chi connectivity index (χ1v) is 6.39. The van der Waals surface area contributed by atoms with Crippen molar-refractivity contribution < 1.29 is 4.21 Å². The van der Waals surface area contributed by atoms with Gasteiger partial charge in [0.15, 0.2) is 0 Å². The van der Waals surface area contributed by atoms with Crippen molar-refractivity contribution in [2.45, 2.75) is 13.3 Å². The fourth-order valence-electron chi connectivity index (χ4n) is 1.13. The fourth-order valence-corrected chi connectivity index (χ4v) is 1.68. The smallest absolute Gasteiger partial charge is 0.126 e. The normalized spacial score (nSPS) is 12.4. The van der Waals surface area contributed by atoms with Gasteiger partial charge in [0.05, 0.1) is 0 Å². The molecular weight excluding hydrogens is 196 g/mol. The molecule has 4 heteroatoms. The third kappa shape index (κ3) is 4.37. The minimum Gasteiger partial charge on any atom is -0.370 e. The second-order valence-electron chi connectivity index (χ2n) is 3.22. The van der Waals surface area contributed by atoms with E-state index < -0.39 is 10.8 Å². The van der Waals surface area contributed by atoms with Gasteiger partial charge in [-0.15, -0.1) is 0 Å². The molecule has 1 aromatic rings. The Morgan fingerprint density at radius 3 is 2.93 bits per heavy atom. The zero-order chi connectivity index (χ0) is 10.4. The van der Waals surface area contributed by atoms with E-state index in [2.05, 4.69) is 10.3 Å². The molecule has 0 spiro atoms. The maximum absolute atomic E-state index is 10.8. The first-order valence-electron chi connectivity index (χ1n) is 4.66. The summed E-state index contributed by atoms with van der Waals surface area (Å²) in [7, 11) is -0.688. The molecule has 0 saturated heterocycles. The Morgan fingerprint density at radius 1 is 1.50 bits per heavy atom. The Balaban J connectivity index is 2.28. The Bertz CT molecular complexity index is 315. The van der Waals surface area contributed by atoms with Gasteiger partial charge in [-0.1, -0.05) is 6.07 Å². The molecule has 0 amide bonds. The van der Waals surface area contributed by atoms with E-state index in [9.17, 15) is 4.21 Å². The molecule has 1 atom stereocenters. The molecule has 0 aromatic carbocycles. The first kappa shape index (κ1) is 11.2. The van der Waals surface area contributed by atoms with Crippen LogP contribution in [0.4, 0.5) is 5.82 Å². The molecule has 0 fully saturated rings. The highest BCUT2D eigenvalue weighted by Crippen LogP contribution is 2.03. The SMILES string of the molecule is Cc1cccc(NCCC[S@](C)=O)n1. The summed E-state index contributed by atoms with van der Waals surface area (Å²) in [5.41, 5.74) is 1.01. The number of nitrogens with zero attached hydrogens (tertiary/aromatic N) is 1. The third-order valence-electron chi connectivity index (χ3n) is 1.80. The summed E-state index contributed by atoms with van der Waals surface area (Å²) < 4.78 is 10.8. The lowest BCUT2D eigenvalue weighted by Gasteiger charge is -2.04. The van der Waals surface area contributed by atoms with Crippen molar-refractivity contribution in [1.82, 2.24) is 4.98 Å². The van der Waals surface area contributed by atoms with E-state index in [4.69, 9.17) is 0 Å². The highest BCUT2D eigenvalue weighted by molar-refractivity contribution is 7.84. The minimum atomic E-state index is -0.688. The van der Waals surface area contributed by atoms with Crippen molar-refractivity contribution in [2.75, 3.05) is 23.9 Å². The van der Waals surface area contributed by atoms with Crippen LogP contribution in [0.2, 0.25) is 0 Å². The van der Waals surface area contributed by atoms with Crippen LogP contribution < -0.4 is 5.32 Å². The second kappa shape index (κ2) is 5.75. The monoisotopic (exact) mass is 212 g/mol. The summed E-state index contributed by atoms with van der Waals surface area (Å²) in [5, 5.41) is 3.20. The zero-order valence-electron chi connectivity index (χ0n) is 8.62. The molecule has 0 radical (unpaired) electrons. The van der Waals surface area contributed by atoms with Gasteiger partial charge in [-0.3, -0.25) is 4.21 Å². The molecule has 78 valence electrons. The lowest BCUT2D eigenvalue weighted by atomic mass is 10.3. The zero-order valence-corrected chi connectivity index (χ0v) is 9.43.